The molecule has 0 saturated heterocycles. The Balaban J connectivity index is 3.30. The van der Waals surface area contributed by atoms with Crippen LogP contribution in [0.2, 0.25) is 0 Å². The standard InChI is InChI=1S/C15H25NO2/c1-6-11-9-12(7-8-18-16)14(17-5)13(10-11)15(2,3)4/h9-10H,6-8,16H2,1-5H3. The van der Waals surface area contributed by atoms with Gasteiger partial charge in [0.2, 0.25) is 0 Å². The molecule has 3 nitrogen and oxygen atoms in total. The molecule has 0 saturated carbocycles. The Morgan fingerprint density at radius 1 is 1.22 bits per heavy atom. The summed E-state index contributed by atoms with van der Waals surface area (Å²) in [5.41, 5.74) is 3.81. The minimum Gasteiger partial charge on any atom is -0.496 e. The van der Waals surface area contributed by atoms with Crippen LogP contribution in [-0.2, 0) is 23.1 Å². The molecule has 0 fully saturated rings. The lowest BCUT2D eigenvalue weighted by atomic mass is 9.83. The van der Waals surface area contributed by atoms with Crippen LogP contribution in [0.5, 0.6) is 5.75 Å². The smallest absolute Gasteiger partial charge is 0.125 e. The van der Waals surface area contributed by atoms with E-state index in [1.165, 1.54) is 16.7 Å². The van der Waals surface area contributed by atoms with Crippen LogP contribution in [0.4, 0.5) is 0 Å². The lowest BCUT2D eigenvalue weighted by Crippen LogP contribution is -2.15. The van der Waals surface area contributed by atoms with Crippen molar-refractivity contribution in [2.75, 3.05) is 13.7 Å². The summed E-state index contributed by atoms with van der Waals surface area (Å²) in [5.74, 6) is 6.09. The van der Waals surface area contributed by atoms with Crippen LogP contribution in [0.15, 0.2) is 12.1 Å². The molecule has 0 amide bonds. The number of hydrogen-bond donors (Lipinski definition) is 1. The van der Waals surface area contributed by atoms with Crippen molar-refractivity contribution in [2.45, 2.75) is 46.0 Å². The summed E-state index contributed by atoms with van der Waals surface area (Å²) in [6.45, 7) is 9.28. The van der Waals surface area contributed by atoms with Gasteiger partial charge in [0.1, 0.15) is 5.75 Å². The van der Waals surface area contributed by atoms with E-state index in [9.17, 15) is 0 Å². The van der Waals surface area contributed by atoms with E-state index in [1.54, 1.807) is 7.11 Å². The molecule has 0 aliphatic heterocycles. The van der Waals surface area contributed by atoms with Crippen molar-refractivity contribution in [1.29, 1.82) is 0 Å². The molecule has 0 unspecified atom stereocenters. The van der Waals surface area contributed by atoms with Gasteiger partial charge in [-0.1, -0.05) is 39.8 Å². The highest BCUT2D eigenvalue weighted by Gasteiger charge is 2.21. The fourth-order valence-corrected chi connectivity index (χ4v) is 2.11. The van der Waals surface area contributed by atoms with Gasteiger partial charge < -0.3 is 9.57 Å². The Kier molecular flexibility index (Phi) is 5.17. The second-order valence-corrected chi connectivity index (χ2v) is 5.56. The Hall–Kier alpha value is -1.06. The highest BCUT2D eigenvalue weighted by atomic mass is 16.6. The first-order valence-corrected chi connectivity index (χ1v) is 6.46. The molecule has 0 atom stereocenters. The third kappa shape index (κ3) is 3.47. The number of aryl methyl sites for hydroxylation is 1. The SMILES string of the molecule is CCc1cc(CCON)c(OC)c(C(C)(C)C)c1. The predicted octanol–water partition coefficient (Wildman–Crippen LogP) is 2.99. The maximum absolute atomic E-state index is 5.60. The largest absolute Gasteiger partial charge is 0.496 e. The van der Waals surface area contributed by atoms with Gasteiger partial charge in [-0.2, -0.15) is 0 Å². The maximum Gasteiger partial charge on any atom is 0.125 e. The van der Waals surface area contributed by atoms with Crippen LogP contribution in [0, 0.1) is 0 Å². The molecule has 0 aliphatic carbocycles. The van der Waals surface area contributed by atoms with Crippen LogP contribution in [0.1, 0.15) is 44.4 Å². The topological polar surface area (TPSA) is 44.5 Å². The van der Waals surface area contributed by atoms with Crippen molar-refractivity contribution in [3.05, 3.63) is 28.8 Å². The lowest BCUT2D eigenvalue weighted by Gasteiger charge is -2.25. The number of ether oxygens (including phenoxy) is 1. The van der Waals surface area contributed by atoms with Gasteiger partial charge in [0.05, 0.1) is 13.7 Å². The Bertz CT molecular complexity index is 394. The average Bonchev–Trinajstić information content (AvgIpc) is 2.33. The van der Waals surface area contributed by atoms with Crippen molar-refractivity contribution < 1.29 is 9.57 Å². The van der Waals surface area contributed by atoms with Gasteiger partial charge in [-0.3, -0.25) is 0 Å². The number of nitrogens with two attached hydrogens (primary N) is 1. The molecular weight excluding hydrogens is 226 g/mol. The monoisotopic (exact) mass is 251 g/mol. The molecule has 0 heterocycles. The zero-order valence-electron chi connectivity index (χ0n) is 12.2. The molecule has 18 heavy (non-hydrogen) atoms. The van der Waals surface area contributed by atoms with Crippen molar-refractivity contribution in [3.8, 4) is 5.75 Å². The summed E-state index contributed by atoms with van der Waals surface area (Å²) in [5, 5.41) is 0. The first-order chi connectivity index (χ1) is 8.43. The molecule has 0 spiro atoms. The van der Waals surface area contributed by atoms with Crippen LogP contribution in [0.25, 0.3) is 0 Å². The summed E-state index contributed by atoms with van der Waals surface area (Å²) in [6.07, 6.45) is 1.79. The van der Waals surface area contributed by atoms with Gasteiger partial charge in [0, 0.05) is 12.0 Å². The summed E-state index contributed by atoms with van der Waals surface area (Å²) in [4.78, 5) is 4.69. The van der Waals surface area contributed by atoms with Crippen LogP contribution < -0.4 is 10.6 Å². The van der Waals surface area contributed by atoms with Gasteiger partial charge in [0.25, 0.3) is 0 Å². The molecule has 0 aromatic heterocycles. The van der Waals surface area contributed by atoms with E-state index in [2.05, 4.69) is 44.7 Å². The third-order valence-corrected chi connectivity index (χ3v) is 3.14. The van der Waals surface area contributed by atoms with E-state index in [0.29, 0.717) is 6.61 Å². The number of benzene rings is 1. The van der Waals surface area contributed by atoms with E-state index in [1.807, 2.05) is 0 Å². The van der Waals surface area contributed by atoms with Crippen molar-refractivity contribution in [3.63, 3.8) is 0 Å². The van der Waals surface area contributed by atoms with E-state index in [-0.39, 0.29) is 5.41 Å². The predicted molar refractivity (Wildman–Crippen MR) is 74.9 cm³/mol. The molecule has 1 aromatic rings. The second-order valence-electron chi connectivity index (χ2n) is 5.56. The molecule has 3 heteroatoms. The first-order valence-electron chi connectivity index (χ1n) is 6.46. The molecule has 0 aliphatic rings. The molecule has 1 rings (SSSR count). The van der Waals surface area contributed by atoms with E-state index in [4.69, 9.17) is 10.6 Å². The summed E-state index contributed by atoms with van der Waals surface area (Å²) in [6, 6.07) is 4.43. The third-order valence-electron chi connectivity index (χ3n) is 3.14. The lowest BCUT2D eigenvalue weighted by molar-refractivity contribution is 0.140. The fraction of sp³-hybridized carbons (Fsp3) is 0.600. The van der Waals surface area contributed by atoms with Crippen LogP contribution >= 0.6 is 0 Å². The zero-order chi connectivity index (χ0) is 13.8. The van der Waals surface area contributed by atoms with E-state index < -0.39 is 0 Å². The number of methoxy groups -OCH3 is 1. The van der Waals surface area contributed by atoms with Crippen molar-refractivity contribution in [1.82, 2.24) is 0 Å². The fourth-order valence-electron chi connectivity index (χ4n) is 2.11. The molecular formula is C15H25NO2. The van der Waals surface area contributed by atoms with Gasteiger partial charge >= 0.3 is 0 Å². The highest BCUT2D eigenvalue weighted by Crippen LogP contribution is 2.35. The summed E-state index contributed by atoms with van der Waals surface area (Å²) < 4.78 is 5.60. The Morgan fingerprint density at radius 2 is 1.89 bits per heavy atom. The maximum atomic E-state index is 5.60. The minimum absolute atomic E-state index is 0.0643. The Labute approximate surface area is 110 Å². The minimum atomic E-state index is 0.0643. The second kappa shape index (κ2) is 6.21. The molecule has 2 N–H and O–H groups in total. The van der Waals surface area contributed by atoms with Crippen molar-refractivity contribution >= 4 is 0 Å². The number of hydrogen-bond acceptors (Lipinski definition) is 3. The van der Waals surface area contributed by atoms with Gasteiger partial charge in [-0.15, -0.1) is 0 Å². The normalized spacial score (nSPS) is 11.7. The molecule has 0 bridgehead atoms. The summed E-state index contributed by atoms with van der Waals surface area (Å²) in [7, 11) is 1.73. The molecule has 1 aromatic carbocycles. The molecule has 0 radical (unpaired) electrons. The van der Waals surface area contributed by atoms with Crippen LogP contribution in [0.3, 0.4) is 0 Å². The molecule has 102 valence electrons. The van der Waals surface area contributed by atoms with Gasteiger partial charge in [0.15, 0.2) is 0 Å². The van der Waals surface area contributed by atoms with E-state index >= 15 is 0 Å². The van der Waals surface area contributed by atoms with Crippen molar-refractivity contribution in [2.24, 2.45) is 5.90 Å². The van der Waals surface area contributed by atoms with Crippen LogP contribution in [-0.4, -0.2) is 13.7 Å². The zero-order valence-corrected chi connectivity index (χ0v) is 12.2. The average molecular weight is 251 g/mol. The van der Waals surface area contributed by atoms with Gasteiger partial charge in [-0.25, -0.2) is 5.90 Å². The summed E-state index contributed by atoms with van der Waals surface area (Å²) >= 11 is 0. The quantitative estimate of drug-likeness (QED) is 0.818. The van der Waals surface area contributed by atoms with E-state index in [0.717, 1.165) is 18.6 Å². The Morgan fingerprint density at radius 3 is 2.33 bits per heavy atom. The highest BCUT2D eigenvalue weighted by molar-refractivity contribution is 5.48. The van der Waals surface area contributed by atoms with Gasteiger partial charge in [-0.05, 0) is 23.0 Å². The number of rotatable bonds is 5. The first kappa shape index (κ1) is 15.0.